The quantitative estimate of drug-likeness (QED) is 0.597. The molecule has 3 aromatic heterocycles. The van der Waals surface area contributed by atoms with Crippen LogP contribution in [-0.4, -0.2) is 69.1 Å². The molecule has 176 valence electrons. The maximum absolute atomic E-state index is 6.13. The normalized spacial score (nSPS) is 18.7. The molecule has 5 heterocycles. The Bertz CT molecular complexity index is 1130. The van der Waals surface area contributed by atoms with Crippen molar-refractivity contribution in [3.05, 3.63) is 29.2 Å². The van der Waals surface area contributed by atoms with E-state index in [9.17, 15) is 0 Å². The molecule has 2 saturated heterocycles. The first-order valence-corrected chi connectivity index (χ1v) is 11.6. The van der Waals surface area contributed by atoms with E-state index in [2.05, 4.69) is 26.0 Å². The molecule has 2 aliphatic heterocycles. The molecule has 0 bridgehead atoms. The van der Waals surface area contributed by atoms with Gasteiger partial charge in [-0.3, -0.25) is 9.67 Å². The Labute approximate surface area is 193 Å². The predicted octanol–water partition coefficient (Wildman–Crippen LogP) is 2.11. The Kier molecular flexibility index (Phi) is 6.03. The fourth-order valence-corrected chi connectivity index (χ4v) is 5.19. The van der Waals surface area contributed by atoms with Crippen LogP contribution in [0.4, 0.5) is 11.8 Å². The fourth-order valence-electron chi connectivity index (χ4n) is 5.19. The van der Waals surface area contributed by atoms with E-state index in [1.165, 1.54) is 5.56 Å². The van der Waals surface area contributed by atoms with Crippen molar-refractivity contribution in [2.45, 2.75) is 51.1 Å². The number of piperidine rings is 1. The standard InChI is InChI=1S/C23H32N8O2/c1-14-20-21(22(24)28-23(25)27-20)31(29-14)13-18-19(32-2)11-16(12-26-18)15-3-7-30(8-4-15)17-5-9-33-10-6-17/h11-12,15,17H,3-10,13H2,1-2H3,(H4,24,25,27,28). The van der Waals surface area contributed by atoms with Crippen LogP contribution in [0, 0.1) is 6.92 Å². The van der Waals surface area contributed by atoms with Crippen LogP contribution in [0.25, 0.3) is 11.0 Å². The number of nitrogen functional groups attached to an aromatic ring is 2. The first-order chi connectivity index (χ1) is 16.0. The van der Waals surface area contributed by atoms with E-state index in [1.807, 2.05) is 13.1 Å². The molecule has 10 heteroatoms. The van der Waals surface area contributed by atoms with Crippen LogP contribution in [0.3, 0.4) is 0 Å². The number of aryl methyl sites for hydroxylation is 1. The van der Waals surface area contributed by atoms with Gasteiger partial charge < -0.3 is 25.8 Å². The number of pyridine rings is 1. The number of rotatable bonds is 5. The molecule has 0 radical (unpaired) electrons. The number of nitrogens with two attached hydrogens (primary N) is 2. The summed E-state index contributed by atoms with van der Waals surface area (Å²) in [6.07, 6.45) is 6.57. The smallest absolute Gasteiger partial charge is 0.222 e. The van der Waals surface area contributed by atoms with Gasteiger partial charge in [0.05, 0.1) is 19.3 Å². The Balaban J connectivity index is 1.33. The zero-order valence-corrected chi connectivity index (χ0v) is 19.3. The lowest BCUT2D eigenvalue weighted by atomic mass is 9.89. The van der Waals surface area contributed by atoms with Gasteiger partial charge in [-0.15, -0.1) is 0 Å². The van der Waals surface area contributed by atoms with Crippen LogP contribution in [0.5, 0.6) is 5.75 Å². The Hall–Kier alpha value is -2.98. The summed E-state index contributed by atoms with van der Waals surface area (Å²) in [6, 6.07) is 2.81. The summed E-state index contributed by atoms with van der Waals surface area (Å²) in [7, 11) is 1.68. The van der Waals surface area contributed by atoms with Crippen molar-refractivity contribution in [2.75, 3.05) is 44.9 Å². The van der Waals surface area contributed by atoms with Crippen molar-refractivity contribution in [2.24, 2.45) is 0 Å². The lowest BCUT2D eigenvalue weighted by Crippen LogP contribution is -2.43. The second-order valence-corrected chi connectivity index (χ2v) is 8.98. The zero-order valence-electron chi connectivity index (χ0n) is 19.3. The van der Waals surface area contributed by atoms with Gasteiger partial charge in [-0.2, -0.15) is 10.1 Å². The van der Waals surface area contributed by atoms with Gasteiger partial charge in [0.25, 0.3) is 0 Å². The third-order valence-electron chi connectivity index (χ3n) is 6.98. The van der Waals surface area contributed by atoms with Crippen LogP contribution in [-0.2, 0) is 11.3 Å². The molecule has 0 amide bonds. The van der Waals surface area contributed by atoms with Crippen molar-refractivity contribution in [1.82, 2.24) is 29.6 Å². The van der Waals surface area contributed by atoms with Gasteiger partial charge in [0.1, 0.15) is 22.5 Å². The average molecular weight is 453 g/mol. The molecule has 3 aromatic rings. The zero-order chi connectivity index (χ0) is 22.9. The molecule has 2 fully saturated rings. The molecule has 33 heavy (non-hydrogen) atoms. The lowest BCUT2D eigenvalue weighted by Gasteiger charge is -2.39. The number of likely N-dealkylation sites (tertiary alicyclic amines) is 1. The topological polar surface area (TPSA) is 130 Å². The van der Waals surface area contributed by atoms with E-state index in [1.54, 1.807) is 11.8 Å². The van der Waals surface area contributed by atoms with E-state index >= 15 is 0 Å². The van der Waals surface area contributed by atoms with Gasteiger partial charge in [-0.25, -0.2) is 4.98 Å². The van der Waals surface area contributed by atoms with Crippen molar-refractivity contribution in [1.29, 1.82) is 0 Å². The summed E-state index contributed by atoms with van der Waals surface area (Å²) < 4.78 is 13.0. The third-order valence-corrected chi connectivity index (χ3v) is 6.98. The van der Waals surface area contributed by atoms with Crippen molar-refractivity contribution in [3.63, 3.8) is 0 Å². The maximum Gasteiger partial charge on any atom is 0.222 e. The molecule has 0 atom stereocenters. The number of methoxy groups -OCH3 is 1. The fraction of sp³-hybridized carbons (Fsp3) is 0.565. The SMILES string of the molecule is COc1cc(C2CCN(C3CCOCC3)CC2)cnc1Cn1nc(C)c2nc(N)nc(N)c21. The molecular weight excluding hydrogens is 420 g/mol. The molecule has 0 saturated carbocycles. The van der Waals surface area contributed by atoms with Gasteiger partial charge in [-0.05, 0) is 63.2 Å². The minimum atomic E-state index is 0.144. The highest BCUT2D eigenvalue weighted by Crippen LogP contribution is 2.33. The number of hydrogen-bond acceptors (Lipinski definition) is 9. The minimum absolute atomic E-state index is 0.144. The number of anilines is 2. The number of hydrogen-bond donors (Lipinski definition) is 2. The summed E-state index contributed by atoms with van der Waals surface area (Å²) in [5, 5.41) is 4.60. The number of aromatic nitrogens is 5. The molecular formula is C23H32N8O2. The first kappa shape index (κ1) is 21.8. The molecule has 4 N–H and O–H groups in total. The highest BCUT2D eigenvalue weighted by Gasteiger charge is 2.28. The summed E-state index contributed by atoms with van der Waals surface area (Å²) in [4.78, 5) is 15.8. The molecule has 0 aromatic carbocycles. The van der Waals surface area contributed by atoms with Gasteiger partial charge in [0.15, 0.2) is 5.82 Å². The average Bonchev–Trinajstić information content (AvgIpc) is 3.15. The van der Waals surface area contributed by atoms with E-state index in [-0.39, 0.29) is 5.95 Å². The Morgan fingerprint density at radius 3 is 2.61 bits per heavy atom. The molecule has 0 unspecified atom stereocenters. The first-order valence-electron chi connectivity index (χ1n) is 11.6. The molecule has 10 nitrogen and oxygen atoms in total. The van der Waals surface area contributed by atoms with Crippen LogP contribution < -0.4 is 16.2 Å². The second kappa shape index (κ2) is 9.11. The van der Waals surface area contributed by atoms with Crippen LogP contribution in [0.15, 0.2) is 12.3 Å². The summed E-state index contributed by atoms with van der Waals surface area (Å²) in [6.45, 7) is 6.33. The van der Waals surface area contributed by atoms with Gasteiger partial charge >= 0.3 is 0 Å². The van der Waals surface area contributed by atoms with E-state index in [4.69, 9.17) is 25.9 Å². The van der Waals surface area contributed by atoms with Crippen molar-refractivity contribution < 1.29 is 9.47 Å². The number of fused-ring (bicyclic) bond motifs is 1. The van der Waals surface area contributed by atoms with Crippen LogP contribution in [0.2, 0.25) is 0 Å². The summed E-state index contributed by atoms with van der Waals surface area (Å²) in [5.41, 5.74) is 16.0. The van der Waals surface area contributed by atoms with Gasteiger partial charge in [-0.1, -0.05) is 0 Å². The van der Waals surface area contributed by atoms with Crippen LogP contribution >= 0.6 is 0 Å². The van der Waals surface area contributed by atoms with E-state index in [0.29, 0.717) is 35.4 Å². The molecule has 0 spiro atoms. The number of nitrogens with zero attached hydrogens (tertiary/aromatic N) is 6. The van der Waals surface area contributed by atoms with Crippen molar-refractivity contribution >= 4 is 22.8 Å². The molecule has 0 aliphatic carbocycles. The maximum atomic E-state index is 6.13. The largest absolute Gasteiger partial charge is 0.495 e. The highest BCUT2D eigenvalue weighted by molar-refractivity contribution is 5.87. The van der Waals surface area contributed by atoms with Crippen LogP contribution in [0.1, 0.15) is 48.6 Å². The third kappa shape index (κ3) is 4.32. The van der Waals surface area contributed by atoms with Gasteiger partial charge in [0, 0.05) is 25.5 Å². The highest BCUT2D eigenvalue weighted by atomic mass is 16.5. The predicted molar refractivity (Wildman–Crippen MR) is 126 cm³/mol. The van der Waals surface area contributed by atoms with E-state index < -0.39 is 0 Å². The Morgan fingerprint density at radius 1 is 1.12 bits per heavy atom. The second-order valence-electron chi connectivity index (χ2n) is 8.98. The summed E-state index contributed by atoms with van der Waals surface area (Å²) >= 11 is 0. The van der Waals surface area contributed by atoms with Gasteiger partial charge in [0.2, 0.25) is 5.95 Å². The van der Waals surface area contributed by atoms with E-state index in [0.717, 1.165) is 69.1 Å². The minimum Gasteiger partial charge on any atom is -0.495 e. The lowest BCUT2D eigenvalue weighted by molar-refractivity contribution is 0.0251. The summed E-state index contributed by atoms with van der Waals surface area (Å²) in [5.74, 6) is 1.71. The molecule has 5 rings (SSSR count). The molecule has 2 aliphatic rings. The Morgan fingerprint density at radius 2 is 1.88 bits per heavy atom. The van der Waals surface area contributed by atoms with Crippen molar-refractivity contribution in [3.8, 4) is 5.75 Å². The monoisotopic (exact) mass is 452 g/mol. The number of ether oxygens (including phenoxy) is 2.